The number of aromatic nitrogens is 2. The van der Waals surface area contributed by atoms with Crippen LogP contribution >= 0.6 is 15.9 Å². The molecule has 15 heavy (non-hydrogen) atoms. The molecule has 1 aromatic heterocycles. The molecule has 0 amide bonds. The van der Waals surface area contributed by atoms with Crippen LogP contribution < -0.4 is 4.90 Å². The first-order valence-corrected chi connectivity index (χ1v) is 6.13. The Kier molecular flexibility index (Phi) is 3.53. The van der Waals surface area contributed by atoms with Gasteiger partial charge in [-0.1, -0.05) is 15.9 Å². The minimum absolute atomic E-state index is 0.258. The van der Waals surface area contributed by atoms with Gasteiger partial charge in [-0.05, 0) is 6.92 Å². The second kappa shape index (κ2) is 4.90. The van der Waals surface area contributed by atoms with Gasteiger partial charge in [-0.3, -0.25) is 0 Å². The molecule has 1 atom stereocenters. The van der Waals surface area contributed by atoms with Gasteiger partial charge in [-0.15, -0.1) is 0 Å². The average molecular weight is 272 g/mol. The van der Waals surface area contributed by atoms with Crippen molar-refractivity contribution in [3.05, 3.63) is 18.1 Å². The van der Waals surface area contributed by atoms with E-state index in [0.717, 1.165) is 36.5 Å². The van der Waals surface area contributed by atoms with E-state index in [-0.39, 0.29) is 6.10 Å². The van der Waals surface area contributed by atoms with E-state index in [4.69, 9.17) is 4.74 Å². The van der Waals surface area contributed by atoms with Crippen molar-refractivity contribution in [2.24, 2.45) is 0 Å². The Bertz CT molecular complexity index is 334. The highest BCUT2D eigenvalue weighted by molar-refractivity contribution is 9.09. The zero-order chi connectivity index (χ0) is 10.7. The number of hydrogen-bond donors (Lipinski definition) is 0. The summed E-state index contributed by atoms with van der Waals surface area (Å²) in [7, 11) is 0. The van der Waals surface area contributed by atoms with E-state index in [0.29, 0.717) is 0 Å². The highest BCUT2D eigenvalue weighted by Crippen LogP contribution is 2.15. The van der Waals surface area contributed by atoms with Gasteiger partial charge in [-0.25, -0.2) is 9.97 Å². The third-order valence-electron chi connectivity index (χ3n) is 2.42. The van der Waals surface area contributed by atoms with Gasteiger partial charge in [0.25, 0.3) is 0 Å². The standard InChI is InChI=1S/C10H14BrN3O/c1-8-4-10(13-7-12-8)14-2-3-15-9(5-11)6-14/h4,7,9H,2-3,5-6H2,1H3. The third kappa shape index (κ3) is 2.66. The van der Waals surface area contributed by atoms with Gasteiger partial charge >= 0.3 is 0 Å². The van der Waals surface area contributed by atoms with Crippen LogP contribution in [0, 0.1) is 6.92 Å². The summed E-state index contributed by atoms with van der Waals surface area (Å²) < 4.78 is 5.58. The minimum atomic E-state index is 0.258. The molecule has 1 fully saturated rings. The van der Waals surface area contributed by atoms with Gasteiger partial charge in [0, 0.05) is 30.2 Å². The SMILES string of the molecule is Cc1cc(N2CCOC(CBr)C2)ncn1. The average Bonchev–Trinajstić information content (AvgIpc) is 2.29. The van der Waals surface area contributed by atoms with Crippen LogP contribution in [0.2, 0.25) is 0 Å². The lowest BCUT2D eigenvalue weighted by Gasteiger charge is -2.32. The minimum Gasteiger partial charge on any atom is -0.374 e. The van der Waals surface area contributed by atoms with Crippen molar-refractivity contribution in [3.8, 4) is 0 Å². The molecular formula is C10H14BrN3O. The second-order valence-corrected chi connectivity index (χ2v) is 4.26. The smallest absolute Gasteiger partial charge is 0.132 e. The maximum Gasteiger partial charge on any atom is 0.132 e. The molecule has 2 rings (SSSR count). The van der Waals surface area contributed by atoms with Crippen LogP contribution in [0.25, 0.3) is 0 Å². The summed E-state index contributed by atoms with van der Waals surface area (Å²) in [5.74, 6) is 0.997. The van der Waals surface area contributed by atoms with Gasteiger partial charge in [0.2, 0.25) is 0 Å². The fourth-order valence-corrected chi connectivity index (χ4v) is 2.03. The van der Waals surface area contributed by atoms with E-state index in [9.17, 15) is 0 Å². The van der Waals surface area contributed by atoms with Gasteiger partial charge in [0.05, 0.1) is 12.7 Å². The summed E-state index contributed by atoms with van der Waals surface area (Å²) in [5, 5.41) is 0.869. The van der Waals surface area contributed by atoms with Crippen molar-refractivity contribution in [2.45, 2.75) is 13.0 Å². The zero-order valence-corrected chi connectivity index (χ0v) is 10.3. The lowest BCUT2D eigenvalue weighted by molar-refractivity contribution is 0.0568. The fraction of sp³-hybridized carbons (Fsp3) is 0.600. The molecule has 1 saturated heterocycles. The van der Waals surface area contributed by atoms with E-state index < -0.39 is 0 Å². The second-order valence-electron chi connectivity index (χ2n) is 3.61. The molecule has 1 aliphatic rings. The zero-order valence-electron chi connectivity index (χ0n) is 8.69. The quantitative estimate of drug-likeness (QED) is 0.762. The number of rotatable bonds is 2. The predicted octanol–water partition coefficient (Wildman–Crippen LogP) is 1.39. The van der Waals surface area contributed by atoms with Crippen molar-refractivity contribution in [1.29, 1.82) is 0 Å². The highest BCUT2D eigenvalue weighted by atomic mass is 79.9. The molecule has 5 heteroatoms. The van der Waals surface area contributed by atoms with Crippen LogP contribution in [0.3, 0.4) is 0 Å². The number of aryl methyl sites for hydroxylation is 1. The Labute approximate surface area is 97.8 Å². The molecule has 4 nitrogen and oxygen atoms in total. The summed E-state index contributed by atoms with van der Waals surface area (Å²) in [6, 6.07) is 2.01. The van der Waals surface area contributed by atoms with Crippen LogP contribution in [0.1, 0.15) is 5.69 Å². The van der Waals surface area contributed by atoms with E-state index in [1.165, 1.54) is 0 Å². The summed E-state index contributed by atoms with van der Waals surface area (Å²) in [6.45, 7) is 4.54. The van der Waals surface area contributed by atoms with Crippen molar-refractivity contribution in [2.75, 3.05) is 29.9 Å². The molecule has 1 unspecified atom stereocenters. The van der Waals surface area contributed by atoms with E-state index >= 15 is 0 Å². The van der Waals surface area contributed by atoms with E-state index in [1.807, 2.05) is 13.0 Å². The molecule has 2 heterocycles. The number of nitrogens with zero attached hydrogens (tertiary/aromatic N) is 3. The Morgan fingerprint density at radius 1 is 1.60 bits per heavy atom. The fourth-order valence-electron chi connectivity index (χ4n) is 1.63. The summed E-state index contributed by atoms with van der Waals surface area (Å²) in [6.07, 6.45) is 1.87. The molecule has 0 N–H and O–H groups in total. The van der Waals surface area contributed by atoms with Crippen LogP contribution in [0.5, 0.6) is 0 Å². The van der Waals surface area contributed by atoms with Gasteiger partial charge in [0.15, 0.2) is 0 Å². The predicted molar refractivity (Wildman–Crippen MR) is 62.5 cm³/mol. The summed E-state index contributed by atoms with van der Waals surface area (Å²) in [4.78, 5) is 10.6. The van der Waals surface area contributed by atoms with Crippen LogP contribution in [-0.2, 0) is 4.74 Å². The number of halogens is 1. The van der Waals surface area contributed by atoms with Gasteiger partial charge < -0.3 is 9.64 Å². The van der Waals surface area contributed by atoms with Crippen LogP contribution in [-0.4, -0.2) is 41.1 Å². The summed E-state index contributed by atoms with van der Waals surface area (Å²) in [5.41, 5.74) is 1.00. The number of ether oxygens (including phenoxy) is 1. The molecule has 0 radical (unpaired) electrons. The number of anilines is 1. The Morgan fingerprint density at radius 3 is 3.20 bits per heavy atom. The normalized spacial score (nSPS) is 21.7. The summed E-state index contributed by atoms with van der Waals surface area (Å²) >= 11 is 3.44. The van der Waals surface area contributed by atoms with Crippen molar-refractivity contribution < 1.29 is 4.74 Å². The van der Waals surface area contributed by atoms with Crippen LogP contribution in [0.15, 0.2) is 12.4 Å². The number of morpholine rings is 1. The van der Waals surface area contributed by atoms with Crippen molar-refractivity contribution >= 4 is 21.7 Å². The lowest BCUT2D eigenvalue weighted by Crippen LogP contribution is -2.43. The maximum absolute atomic E-state index is 5.58. The molecule has 1 aromatic rings. The molecular weight excluding hydrogens is 258 g/mol. The van der Waals surface area contributed by atoms with Gasteiger partial charge in [0.1, 0.15) is 12.1 Å². The molecule has 0 aromatic carbocycles. The third-order valence-corrected chi connectivity index (χ3v) is 3.15. The first kappa shape index (κ1) is 10.8. The van der Waals surface area contributed by atoms with Crippen molar-refractivity contribution in [3.63, 3.8) is 0 Å². The van der Waals surface area contributed by atoms with Crippen molar-refractivity contribution in [1.82, 2.24) is 9.97 Å². The van der Waals surface area contributed by atoms with E-state index in [1.54, 1.807) is 6.33 Å². The molecule has 1 aliphatic heterocycles. The Balaban J connectivity index is 2.09. The molecule has 0 spiro atoms. The number of alkyl halides is 1. The largest absolute Gasteiger partial charge is 0.374 e. The molecule has 0 aliphatic carbocycles. The Morgan fingerprint density at radius 2 is 2.47 bits per heavy atom. The molecule has 82 valence electrons. The van der Waals surface area contributed by atoms with Crippen LogP contribution in [0.4, 0.5) is 5.82 Å². The van der Waals surface area contributed by atoms with E-state index in [2.05, 4.69) is 30.8 Å². The molecule has 0 saturated carbocycles. The van der Waals surface area contributed by atoms with Gasteiger partial charge in [-0.2, -0.15) is 0 Å². The topological polar surface area (TPSA) is 38.2 Å². The molecule has 0 bridgehead atoms. The Hall–Kier alpha value is -0.680. The highest BCUT2D eigenvalue weighted by Gasteiger charge is 2.20. The first-order valence-electron chi connectivity index (χ1n) is 5.01. The number of hydrogen-bond acceptors (Lipinski definition) is 4. The maximum atomic E-state index is 5.58. The lowest BCUT2D eigenvalue weighted by atomic mass is 10.3. The first-order chi connectivity index (χ1) is 7.29. The monoisotopic (exact) mass is 271 g/mol.